The molecule has 0 radical (unpaired) electrons. The number of benzene rings is 1. The van der Waals surface area contributed by atoms with Gasteiger partial charge in [-0.15, -0.1) is 0 Å². The first-order valence-electron chi connectivity index (χ1n) is 12.1. The number of nitrogens with zero attached hydrogens (tertiary/aromatic N) is 4. The number of ether oxygens (including phenoxy) is 1. The molecule has 4 aliphatic rings. The Labute approximate surface area is 206 Å². The fourth-order valence-corrected chi connectivity index (χ4v) is 5.15. The minimum Gasteiger partial charge on any atom is -0.427 e. The van der Waals surface area contributed by atoms with E-state index in [2.05, 4.69) is 25.4 Å². The van der Waals surface area contributed by atoms with Crippen molar-refractivity contribution in [2.45, 2.75) is 31.5 Å². The lowest BCUT2D eigenvalue weighted by Gasteiger charge is -2.45. The normalized spacial score (nSPS) is 23.1. The van der Waals surface area contributed by atoms with Gasteiger partial charge in [-0.25, -0.2) is 4.98 Å². The van der Waals surface area contributed by atoms with Crippen LogP contribution in [0.3, 0.4) is 0 Å². The van der Waals surface area contributed by atoms with Gasteiger partial charge >= 0.3 is 0 Å². The largest absolute Gasteiger partial charge is 0.427 e. The number of amides is 4. The summed E-state index contributed by atoms with van der Waals surface area (Å²) in [5, 5.41) is 5.38. The van der Waals surface area contributed by atoms with Crippen LogP contribution >= 0.6 is 0 Å². The lowest BCUT2D eigenvalue weighted by molar-refractivity contribution is -0.136. The van der Waals surface area contributed by atoms with E-state index < -0.39 is 29.7 Å². The van der Waals surface area contributed by atoms with E-state index in [1.807, 2.05) is 0 Å². The maximum Gasteiger partial charge on any atom is 0.297 e. The molecule has 0 spiro atoms. The second-order valence-corrected chi connectivity index (χ2v) is 9.35. The van der Waals surface area contributed by atoms with Crippen LogP contribution in [0.2, 0.25) is 0 Å². The first-order chi connectivity index (χ1) is 17.5. The molecule has 1 aromatic carbocycles. The Hall–Kier alpha value is -3.77. The third kappa shape index (κ3) is 3.91. The molecule has 1 atom stereocenters. The summed E-state index contributed by atoms with van der Waals surface area (Å²) >= 11 is 0. The van der Waals surface area contributed by atoms with Crippen molar-refractivity contribution in [1.29, 1.82) is 0 Å². The summed E-state index contributed by atoms with van der Waals surface area (Å²) in [6, 6.07) is 4.98. The van der Waals surface area contributed by atoms with Gasteiger partial charge in [0.15, 0.2) is 0 Å². The molecule has 0 aliphatic carbocycles. The highest BCUT2D eigenvalue weighted by Gasteiger charge is 2.45. The summed E-state index contributed by atoms with van der Waals surface area (Å²) in [4.78, 5) is 59.9. The van der Waals surface area contributed by atoms with Gasteiger partial charge in [-0.3, -0.25) is 34.3 Å². The van der Waals surface area contributed by atoms with E-state index in [1.165, 1.54) is 0 Å². The van der Waals surface area contributed by atoms with Crippen molar-refractivity contribution in [3.8, 4) is 0 Å². The van der Waals surface area contributed by atoms with E-state index in [1.54, 1.807) is 24.4 Å². The second kappa shape index (κ2) is 9.03. The zero-order chi connectivity index (χ0) is 24.8. The van der Waals surface area contributed by atoms with Gasteiger partial charge in [0, 0.05) is 44.3 Å². The number of hydrogen-bond donors (Lipinski definition) is 2. The van der Waals surface area contributed by atoms with Crippen LogP contribution in [0.25, 0.3) is 0 Å². The summed E-state index contributed by atoms with van der Waals surface area (Å²) in [5.41, 5.74) is 0.903. The number of nitrogens with one attached hydrogen (secondary N) is 2. The average Bonchev–Trinajstić information content (AvgIpc) is 3.41. The maximum atomic E-state index is 13.2. The van der Waals surface area contributed by atoms with Gasteiger partial charge in [-0.1, -0.05) is 6.07 Å². The smallest absolute Gasteiger partial charge is 0.297 e. The molecule has 2 aromatic rings. The summed E-state index contributed by atoms with van der Waals surface area (Å²) in [6.07, 6.45) is 1.84. The van der Waals surface area contributed by atoms with Crippen LogP contribution < -0.4 is 15.5 Å². The molecular weight excluding hydrogens is 468 g/mol. The highest BCUT2D eigenvalue weighted by Crippen LogP contribution is 2.33. The van der Waals surface area contributed by atoms with E-state index in [0.717, 1.165) is 44.3 Å². The maximum absolute atomic E-state index is 13.2. The van der Waals surface area contributed by atoms with Crippen molar-refractivity contribution >= 4 is 35.3 Å². The Morgan fingerprint density at radius 2 is 1.89 bits per heavy atom. The van der Waals surface area contributed by atoms with Crippen molar-refractivity contribution in [2.24, 2.45) is 0 Å². The highest BCUT2D eigenvalue weighted by atomic mass is 16.5. The molecule has 3 saturated heterocycles. The number of anilines is 2. The number of oxazole rings is 1. The van der Waals surface area contributed by atoms with Gasteiger partial charge < -0.3 is 19.4 Å². The van der Waals surface area contributed by atoms with E-state index >= 15 is 0 Å². The Bertz CT molecular complexity index is 1230. The van der Waals surface area contributed by atoms with E-state index in [0.29, 0.717) is 23.5 Å². The van der Waals surface area contributed by atoms with Crippen LogP contribution in [0.5, 0.6) is 0 Å². The summed E-state index contributed by atoms with van der Waals surface area (Å²) in [7, 11) is 0. The van der Waals surface area contributed by atoms with Gasteiger partial charge in [-0.05, 0) is 18.6 Å². The van der Waals surface area contributed by atoms with Crippen LogP contribution in [-0.2, 0) is 20.9 Å². The van der Waals surface area contributed by atoms with Crippen LogP contribution in [0.1, 0.15) is 39.3 Å². The van der Waals surface area contributed by atoms with Crippen molar-refractivity contribution in [2.75, 3.05) is 49.6 Å². The van der Waals surface area contributed by atoms with Crippen LogP contribution in [0.4, 0.5) is 11.7 Å². The second-order valence-electron chi connectivity index (χ2n) is 9.35. The summed E-state index contributed by atoms with van der Waals surface area (Å²) in [5.74, 6) is -1.54. The van der Waals surface area contributed by atoms with E-state index in [-0.39, 0.29) is 30.5 Å². The Morgan fingerprint density at radius 1 is 1.08 bits per heavy atom. The number of fused-ring (bicyclic) bond motifs is 1. The Kier molecular flexibility index (Phi) is 5.69. The number of imide groups is 2. The summed E-state index contributed by atoms with van der Waals surface area (Å²) < 4.78 is 11.3. The van der Waals surface area contributed by atoms with Crippen LogP contribution in [0.15, 0.2) is 28.8 Å². The first kappa shape index (κ1) is 22.7. The van der Waals surface area contributed by atoms with Gasteiger partial charge in [0.25, 0.3) is 17.8 Å². The quantitative estimate of drug-likeness (QED) is 0.536. The molecule has 0 saturated carbocycles. The van der Waals surface area contributed by atoms with E-state index in [4.69, 9.17) is 9.15 Å². The predicted molar refractivity (Wildman–Crippen MR) is 125 cm³/mol. The zero-order valence-electron chi connectivity index (χ0n) is 19.6. The molecule has 3 fully saturated rings. The Balaban J connectivity index is 1.11. The lowest BCUT2D eigenvalue weighted by Crippen LogP contribution is -2.61. The molecule has 6 rings (SSSR count). The third-order valence-electron chi connectivity index (χ3n) is 7.16. The molecule has 12 heteroatoms. The highest BCUT2D eigenvalue weighted by molar-refractivity contribution is 6.25. The number of aromatic nitrogens is 1. The van der Waals surface area contributed by atoms with Crippen molar-refractivity contribution < 1.29 is 28.3 Å². The molecule has 12 nitrogen and oxygen atoms in total. The molecule has 4 aliphatic heterocycles. The van der Waals surface area contributed by atoms with Crippen LogP contribution in [-0.4, -0.2) is 89.9 Å². The van der Waals surface area contributed by atoms with Crippen molar-refractivity contribution in [3.05, 3.63) is 41.3 Å². The minimum atomic E-state index is -1.00. The van der Waals surface area contributed by atoms with Gasteiger partial charge in [-0.2, -0.15) is 0 Å². The van der Waals surface area contributed by atoms with Gasteiger partial charge in [0.1, 0.15) is 11.8 Å². The van der Waals surface area contributed by atoms with Gasteiger partial charge in [0.05, 0.1) is 37.1 Å². The predicted octanol–water partition coefficient (Wildman–Crippen LogP) is 0.209. The molecule has 0 bridgehead atoms. The Morgan fingerprint density at radius 3 is 2.67 bits per heavy atom. The molecule has 4 amide bonds. The molecule has 5 heterocycles. The zero-order valence-corrected chi connectivity index (χ0v) is 19.6. The lowest BCUT2D eigenvalue weighted by atomic mass is 10.0. The fourth-order valence-electron chi connectivity index (χ4n) is 5.15. The number of hydrogen-bond acceptors (Lipinski definition) is 10. The third-order valence-corrected chi connectivity index (χ3v) is 7.16. The van der Waals surface area contributed by atoms with Crippen molar-refractivity contribution in [1.82, 2.24) is 20.1 Å². The molecule has 1 aromatic heterocycles. The fraction of sp³-hybridized carbons (Fsp3) is 0.458. The monoisotopic (exact) mass is 494 g/mol. The first-order valence-corrected chi connectivity index (χ1v) is 12.1. The SMILES string of the molecule is O=C1CCC(N2C(=O)c3cccc(NCc4cnc(N5CC(N6CCOCC6)C5)o4)c3C2=O)C(=O)N1. The number of morpholine rings is 1. The molecular formula is C24H26N6O6. The van der Waals surface area contributed by atoms with E-state index in [9.17, 15) is 19.2 Å². The minimum absolute atomic E-state index is 0.0763. The van der Waals surface area contributed by atoms with Crippen LogP contribution in [0, 0.1) is 0 Å². The number of piperidine rings is 1. The van der Waals surface area contributed by atoms with Gasteiger partial charge in [0.2, 0.25) is 11.8 Å². The average molecular weight is 495 g/mol. The number of rotatable bonds is 6. The molecule has 2 N–H and O–H groups in total. The topological polar surface area (TPSA) is 137 Å². The number of carbonyl (C=O) groups is 4. The van der Waals surface area contributed by atoms with Crippen molar-refractivity contribution in [3.63, 3.8) is 0 Å². The molecule has 36 heavy (non-hydrogen) atoms. The summed E-state index contributed by atoms with van der Waals surface area (Å²) in [6.45, 7) is 5.41. The standard InChI is InChI=1S/C24H26N6O6/c31-19-5-4-18(21(32)27-19)30-22(33)16-2-1-3-17(20(16)23(30)34)25-10-15-11-26-24(36-15)29-12-14(13-29)28-6-8-35-9-7-28/h1-3,11,14,18,25H,4-10,12-13H2,(H,27,31,32). The molecule has 188 valence electrons. The number of carbonyl (C=O) groups excluding carboxylic acids is 4. The molecule has 1 unspecified atom stereocenters.